The molecule has 0 aliphatic carbocycles. The van der Waals surface area contributed by atoms with Gasteiger partial charge in [-0.1, -0.05) is 5.16 Å². The number of hydrogen-bond acceptors (Lipinski definition) is 6. The molecule has 1 amide bonds. The molecule has 8 heteroatoms. The topological polar surface area (TPSA) is 102 Å². The van der Waals surface area contributed by atoms with Crippen LogP contribution in [0.2, 0.25) is 0 Å². The van der Waals surface area contributed by atoms with E-state index >= 15 is 0 Å². The van der Waals surface area contributed by atoms with Crippen LogP contribution in [0.25, 0.3) is 0 Å². The van der Waals surface area contributed by atoms with Gasteiger partial charge < -0.3 is 9.42 Å². The van der Waals surface area contributed by atoms with E-state index in [-0.39, 0.29) is 17.5 Å². The van der Waals surface area contributed by atoms with E-state index in [1.54, 1.807) is 24.8 Å². The number of benzene rings is 1. The molecule has 1 aromatic heterocycles. The van der Waals surface area contributed by atoms with Crippen molar-refractivity contribution in [3.63, 3.8) is 0 Å². The SMILES string of the molecule is Cc1noc([C@H]2CCCN(C(=O)c3ccc([N+](=O)[O-])c(C)c3)C2)n1. The molecule has 0 N–H and O–H groups in total. The van der Waals surface area contributed by atoms with E-state index in [2.05, 4.69) is 10.1 Å². The third kappa shape index (κ3) is 3.12. The quantitative estimate of drug-likeness (QED) is 0.633. The fourth-order valence-electron chi connectivity index (χ4n) is 3.02. The number of piperidine rings is 1. The summed E-state index contributed by atoms with van der Waals surface area (Å²) in [5.41, 5.74) is 0.955. The van der Waals surface area contributed by atoms with E-state index in [1.807, 2.05) is 0 Å². The number of amides is 1. The van der Waals surface area contributed by atoms with Crippen molar-refractivity contribution >= 4 is 11.6 Å². The smallest absolute Gasteiger partial charge is 0.272 e. The Morgan fingerprint density at radius 2 is 2.21 bits per heavy atom. The summed E-state index contributed by atoms with van der Waals surface area (Å²) in [6.45, 7) is 4.56. The molecule has 2 aromatic rings. The van der Waals surface area contributed by atoms with Crippen LogP contribution in [-0.2, 0) is 0 Å². The Balaban J connectivity index is 1.77. The van der Waals surface area contributed by atoms with Gasteiger partial charge in [-0.3, -0.25) is 14.9 Å². The molecule has 1 fully saturated rings. The number of aromatic nitrogens is 2. The monoisotopic (exact) mass is 330 g/mol. The Morgan fingerprint density at radius 3 is 2.83 bits per heavy atom. The highest BCUT2D eigenvalue weighted by atomic mass is 16.6. The molecule has 0 spiro atoms. The zero-order chi connectivity index (χ0) is 17.3. The number of aryl methyl sites for hydroxylation is 2. The number of carbonyl (C=O) groups is 1. The number of nitro benzene ring substituents is 1. The predicted octanol–water partition coefficient (Wildman–Crippen LogP) is 2.61. The molecular formula is C16H18N4O4. The van der Waals surface area contributed by atoms with Crippen LogP contribution in [0, 0.1) is 24.0 Å². The zero-order valence-electron chi connectivity index (χ0n) is 13.6. The first-order valence-electron chi connectivity index (χ1n) is 7.80. The van der Waals surface area contributed by atoms with Crippen LogP contribution in [0.5, 0.6) is 0 Å². The lowest BCUT2D eigenvalue weighted by Crippen LogP contribution is -2.39. The second-order valence-corrected chi connectivity index (χ2v) is 6.03. The van der Waals surface area contributed by atoms with Crippen molar-refractivity contribution in [2.75, 3.05) is 13.1 Å². The lowest BCUT2D eigenvalue weighted by molar-refractivity contribution is -0.385. The van der Waals surface area contributed by atoms with Gasteiger partial charge in [-0.05, 0) is 38.8 Å². The number of nitro groups is 1. The molecule has 1 aliphatic heterocycles. The van der Waals surface area contributed by atoms with Crippen molar-refractivity contribution in [1.82, 2.24) is 15.0 Å². The molecule has 0 saturated carbocycles. The van der Waals surface area contributed by atoms with Crippen molar-refractivity contribution in [3.8, 4) is 0 Å². The van der Waals surface area contributed by atoms with E-state index in [0.29, 0.717) is 35.9 Å². The first-order chi connectivity index (χ1) is 11.5. The zero-order valence-corrected chi connectivity index (χ0v) is 13.6. The molecule has 8 nitrogen and oxygen atoms in total. The third-order valence-corrected chi connectivity index (χ3v) is 4.24. The number of likely N-dealkylation sites (tertiary alicyclic amines) is 1. The van der Waals surface area contributed by atoms with Gasteiger partial charge in [0.15, 0.2) is 5.82 Å². The van der Waals surface area contributed by atoms with Crippen LogP contribution in [0.1, 0.15) is 46.4 Å². The second-order valence-electron chi connectivity index (χ2n) is 6.03. The van der Waals surface area contributed by atoms with Gasteiger partial charge in [-0.25, -0.2) is 0 Å². The van der Waals surface area contributed by atoms with E-state index in [0.717, 1.165) is 12.8 Å². The summed E-state index contributed by atoms with van der Waals surface area (Å²) in [7, 11) is 0. The Hall–Kier alpha value is -2.77. The molecule has 1 aliphatic rings. The molecular weight excluding hydrogens is 312 g/mol. The lowest BCUT2D eigenvalue weighted by atomic mass is 9.97. The Morgan fingerprint density at radius 1 is 1.42 bits per heavy atom. The van der Waals surface area contributed by atoms with Gasteiger partial charge in [-0.15, -0.1) is 0 Å². The van der Waals surface area contributed by atoms with Crippen LogP contribution in [0.4, 0.5) is 5.69 Å². The summed E-state index contributed by atoms with van der Waals surface area (Å²) in [6.07, 6.45) is 1.74. The van der Waals surface area contributed by atoms with Crippen molar-refractivity contribution in [2.45, 2.75) is 32.6 Å². The van der Waals surface area contributed by atoms with Crippen molar-refractivity contribution in [3.05, 3.63) is 51.2 Å². The minimum absolute atomic E-state index is 0.0180. The van der Waals surface area contributed by atoms with Crippen LogP contribution >= 0.6 is 0 Å². The largest absolute Gasteiger partial charge is 0.339 e. The molecule has 1 saturated heterocycles. The highest BCUT2D eigenvalue weighted by Gasteiger charge is 2.29. The van der Waals surface area contributed by atoms with Crippen LogP contribution < -0.4 is 0 Å². The van der Waals surface area contributed by atoms with Gasteiger partial charge in [0.2, 0.25) is 5.89 Å². The molecule has 3 rings (SSSR count). The molecule has 24 heavy (non-hydrogen) atoms. The summed E-state index contributed by atoms with van der Waals surface area (Å²) < 4.78 is 5.22. The van der Waals surface area contributed by atoms with Crippen LogP contribution in [0.15, 0.2) is 22.7 Å². The minimum atomic E-state index is -0.446. The first-order valence-corrected chi connectivity index (χ1v) is 7.80. The van der Waals surface area contributed by atoms with Gasteiger partial charge in [0, 0.05) is 30.3 Å². The number of carbonyl (C=O) groups excluding carboxylic acids is 1. The third-order valence-electron chi connectivity index (χ3n) is 4.24. The Bertz CT molecular complexity index is 786. The van der Waals surface area contributed by atoms with Crippen molar-refractivity contribution in [1.29, 1.82) is 0 Å². The Labute approximate surface area is 138 Å². The van der Waals surface area contributed by atoms with Crippen molar-refractivity contribution in [2.24, 2.45) is 0 Å². The summed E-state index contributed by atoms with van der Waals surface area (Å²) in [5.74, 6) is 1.04. The van der Waals surface area contributed by atoms with Gasteiger partial charge in [0.25, 0.3) is 11.6 Å². The van der Waals surface area contributed by atoms with E-state index in [4.69, 9.17) is 4.52 Å². The summed E-state index contributed by atoms with van der Waals surface area (Å²) >= 11 is 0. The van der Waals surface area contributed by atoms with Crippen LogP contribution in [-0.4, -0.2) is 39.0 Å². The fraction of sp³-hybridized carbons (Fsp3) is 0.438. The molecule has 0 bridgehead atoms. The molecule has 1 aromatic carbocycles. The molecule has 1 atom stereocenters. The Kier molecular flexibility index (Phi) is 4.28. The maximum absolute atomic E-state index is 12.7. The molecule has 0 unspecified atom stereocenters. The number of rotatable bonds is 3. The first kappa shape index (κ1) is 16.1. The van der Waals surface area contributed by atoms with E-state index in [1.165, 1.54) is 12.1 Å². The van der Waals surface area contributed by atoms with Gasteiger partial charge in [0.1, 0.15) is 0 Å². The van der Waals surface area contributed by atoms with Crippen molar-refractivity contribution < 1.29 is 14.2 Å². The van der Waals surface area contributed by atoms with Crippen LogP contribution in [0.3, 0.4) is 0 Å². The lowest BCUT2D eigenvalue weighted by Gasteiger charge is -2.31. The minimum Gasteiger partial charge on any atom is -0.339 e. The van der Waals surface area contributed by atoms with E-state index < -0.39 is 4.92 Å². The summed E-state index contributed by atoms with van der Waals surface area (Å²) in [4.78, 5) is 29.2. The highest BCUT2D eigenvalue weighted by Crippen LogP contribution is 2.27. The maximum Gasteiger partial charge on any atom is 0.272 e. The fourth-order valence-corrected chi connectivity index (χ4v) is 3.02. The summed E-state index contributed by atoms with van der Waals surface area (Å²) in [5, 5.41) is 14.7. The predicted molar refractivity (Wildman–Crippen MR) is 84.7 cm³/mol. The molecule has 0 radical (unpaired) electrons. The number of nitrogens with zero attached hydrogens (tertiary/aromatic N) is 4. The molecule has 2 heterocycles. The molecule has 126 valence electrons. The van der Waals surface area contributed by atoms with Gasteiger partial charge in [-0.2, -0.15) is 4.98 Å². The van der Waals surface area contributed by atoms with Gasteiger partial charge in [0.05, 0.1) is 10.8 Å². The standard InChI is InChI=1S/C16H18N4O4/c1-10-8-12(5-6-14(10)20(22)23)16(21)19-7-3-4-13(9-19)15-17-11(2)18-24-15/h5-6,8,13H,3-4,7,9H2,1-2H3/t13-/m0/s1. The average molecular weight is 330 g/mol. The summed E-state index contributed by atoms with van der Waals surface area (Å²) in [6, 6.07) is 4.46. The normalized spacial score (nSPS) is 17.8. The maximum atomic E-state index is 12.7. The van der Waals surface area contributed by atoms with Gasteiger partial charge >= 0.3 is 0 Å². The second kappa shape index (κ2) is 6.38. The van der Waals surface area contributed by atoms with E-state index in [9.17, 15) is 14.9 Å². The number of hydrogen-bond donors (Lipinski definition) is 0. The highest BCUT2D eigenvalue weighted by molar-refractivity contribution is 5.94. The average Bonchev–Trinajstić information content (AvgIpc) is 3.00.